The fourth-order valence-electron chi connectivity index (χ4n) is 6.47. The molecule has 0 radical (unpaired) electrons. The van der Waals surface area contributed by atoms with E-state index in [-0.39, 0.29) is 29.2 Å². The first-order chi connectivity index (χ1) is 27.0. The van der Waals surface area contributed by atoms with Gasteiger partial charge in [-0.1, -0.05) is 78.9 Å². The van der Waals surface area contributed by atoms with E-state index in [4.69, 9.17) is 23.9 Å². The van der Waals surface area contributed by atoms with Crippen molar-refractivity contribution in [3.05, 3.63) is 167 Å². The summed E-state index contributed by atoms with van der Waals surface area (Å²) in [5.41, 5.74) is 12.2. The van der Waals surface area contributed by atoms with Crippen LogP contribution in [0.4, 0.5) is 5.82 Å². The van der Waals surface area contributed by atoms with E-state index in [0.29, 0.717) is 27.7 Å². The minimum atomic E-state index is -1.33. The number of hydrogen-bond acceptors (Lipinski definition) is 11. The Bertz CT molecular complexity index is 2580. The van der Waals surface area contributed by atoms with Crippen LogP contribution in [0.2, 0.25) is 0 Å². The Morgan fingerprint density at radius 2 is 1.33 bits per heavy atom. The van der Waals surface area contributed by atoms with Crippen molar-refractivity contribution in [1.82, 2.24) is 19.5 Å². The van der Waals surface area contributed by atoms with E-state index >= 15 is 0 Å². The van der Waals surface area contributed by atoms with Crippen LogP contribution in [0.15, 0.2) is 145 Å². The van der Waals surface area contributed by atoms with Crippen LogP contribution in [0.3, 0.4) is 0 Å². The van der Waals surface area contributed by atoms with Gasteiger partial charge in [-0.15, -0.1) is 0 Å². The van der Waals surface area contributed by atoms with Gasteiger partial charge in [-0.2, -0.15) is 0 Å². The van der Waals surface area contributed by atoms with E-state index in [2.05, 4.69) is 20.0 Å². The molecule has 0 amide bonds. The molecule has 0 N–H and O–H groups in total. The molecule has 4 heterocycles. The monoisotopic (exact) mass is 731 g/mol. The zero-order valence-corrected chi connectivity index (χ0v) is 28.8. The van der Waals surface area contributed by atoms with Crippen molar-refractivity contribution in [1.29, 1.82) is 0 Å². The van der Waals surface area contributed by atoms with Crippen LogP contribution in [0.25, 0.3) is 43.6 Å². The molecular weight excluding hydrogens is 702 g/mol. The number of nitrogens with zero attached hydrogens (tertiary/aromatic N) is 7. The quantitative estimate of drug-likeness (QED) is 0.0443. The van der Waals surface area contributed by atoms with E-state index in [0.717, 1.165) is 5.39 Å². The summed E-state index contributed by atoms with van der Waals surface area (Å²) in [7, 11) is 0. The molecule has 14 nitrogen and oxygen atoms in total. The van der Waals surface area contributed by atoms with E-state index in [9.17, 15) is 19.9 Å². The first-order valence-electron chi connectivity index (χ1n) is 17.1. The highest BCUT2D eigenvalue weighted by Gasteiger charge is 2.52. The second-order valence-corrected chi connectivity index (χ2v) is 12.4. The number of ether oxygens (including phenoxy) is 4. The molecule has 0 aliphatic carbocycles. The molecule has 0 unspecified atom stereocenters. The summed E-state index contributed by atoms with van der Waals surface area (Å²) in [6.07, 6.45) is -2.09. The number of fused-ring (bicyclic) bond motifs is 2. The summed E-state index contributed by atoms with van der Waals surface area (Å²) in [5.74, 6) is -2.06. The third kappa shape index (κ3) is 7.05. The summed E-state index contributed by atoms with van der Waals surface area (Å²) < 4.78 is 26.2. The topological polar surface area (TPSA) is 180 Å². The van der Waals surface area contributed by atoms with Crippen molar-refractivity contribution >= 4 is 45.7 Å². The highest BCUT2D eigenvalue weighted by Crippen LogP contribution is 2.42. The molecule has 1 aliphatic heterocycles. The van der Waals surface area contributed by atoms with Gasteiger partial charge in [-0.05, 0) is 59.2 Å². The lowest BCUT2D eigenvalue weighted by Gasteiger charge is -2.25. The van der Waals surface area contributed by atoms with Crippen LogP contribution in [-0.2, 0) is 18.9 Å². The lowest BCUT2D eigenvalue weighted by molar-refractivity contribution is -0.0604. The number of hydrogen-bond donors (Lipinski definition) is 0. The zero-order valence-electron chi connectivity index (χ0n) is 28.8. The van der Waals surface area contributed by atoms with Crippen molar-refractivity contribution in [3.63, 3.8) is 0 Å². The van der Waals surface area contributed by atoms with Crippen molar-refractivity contribution in [3.8, 4) is 11.3 Å². The molecule has 0 saturated carbocycles. The first-order valence-corrected chi connectivity index (χ1v) is 17.1. The molecule has 8 rings (SSSR count). The van der Waals surface area contributed by atoms with Gasteiger partial charge in [0.2, 0.25) is 0 Å². The summed E-state index contributed by atoms with van der Waals surface area (Å²) in [6, 6.07) is 36.3. The molecule has 55 heavy (non-hydrogen) atoms. The van der Waals surface area contributed by atoms with Crippen LogP contribution in [0.1, 0.15) is 37.3 Å². The summed E-state index contributed by atoms with van der Waals surface area (Å²) in [5, 5.41) is 5.10. The molecule has 1 saturated heterocycles. The summed E-state index contributed by atoms with van der Waals surface area (Å²) >= 11 is 0. The van der Waals surface area contributed by atoms with Gasteiger partial charge in [0.1, 0.15) is 30.5 Å². The lowest BCUT2D eigenvalue weighted by atomic mass is 10.1. The van der Waals surface area contributed by atoms with Gasteiger partial charge < -0.3 is 23.5 Å². The van der Waals surface area contributed by atoms with Gasteiger partial charge in [0.25, 0.3) is 0 Å². The van der Waals surface area contributed by atoms with Crippen LogP contribution in [0.5, 0.6) is 0 Å². The number of azide groups is 1. The molecule has 3 aromatic heterocycles. The van der Waals surface area contributed by atoms with Crippen molar-refractivity contribution in [2.24, 2.45) is 5.11 Å². The van der Waals surface area contributed by atoms with Gasteiger partial charge in [0, 0.05) is 22.1 Å². The van der Waals surface area contributed by atoms with E-state index in [1.54, 1.807) is 102 Å². The average Bonchev–Trinajstić information content (AvgIpc) is 3.79. The minimum Gasteiger partial charge on any atom is -0.459 e. The summed E-state index contributed by atoms with van der Waals surface area (Å²) in [4.78, 5) is 57.2. The normalized spacial score (nSPS) is 17.7. The Balaban J connectivity index is 1.26. The molecule has 0 spiro atoms. The van der Waals surface area contributed by atoms with Gasteiger partial charge in [-0.25, -0.2) is 29.3 Å². The van der Waals surface area contributed by atoms with Crippen LogP contribution < -0.4 is 0 Å². The number of para-hydroxylation sites is 1. The molecule has 270 valence electrons. The van der Waals surface area contributed by atoms with Gasteiger partial charge in [-0.3, -0.25) is 0 Å². The average molecular weight is 732 g/mol. The largest absolute Gasteiger partial charge is 0.459 e. The Morgan fingerprint density at radius 1 is 0.727 bits per heavy atom. The highest BCUT2D eigenvalue weighted by atomic mass is 16.7. The molecule has 14 heteroatoms. The second-order valence-electron chi connectivity index (χ2n) is 12.4. The molecule has 1 fully saturated rings. The number of esters is 3. The fourth-order valence-corrected chi connectivity index (χ4v) is 6.47. The van der Waals surface area contributed by atoms with Gasteiger partial charge in [0.05, 0.1) is 33.3 Å². The van der Waals surface area contributed by atoms with E-state index in [1.807, 2.05) is 36.4 Å². The van der Waals surface area contributed by atoms with Crippen LogP contribution in [-0.4, -0.2) is 62.3 Å². The van der Waals surface area contributed by atoms with E-state index < -0.39 is 42.4 Å². The van der Waals surface area contributed by atoms with Crippen molar-refractivity contribution in [2.45, 2.75) is 24.5 Å². The predicted octanol–water partition coefficient (Wildman–Crippen LogP) is 7.79. The maximum absolute atomic E-state index is 13.8. The third-order valence-corrected chi connectivity index (χ3v) is 9.06. The number of carbonyl (C=O) groups is 3. The van der Waals surface area contributed by atoms with Gasteiger partial charge in [0.15, 0.2) is 18.4 Å². The Labute approximate surface area is 312 Å². The number of pyridine rings is 1. The SMILES string of the molecule is [N-]=[N+]=Nc1ncnc2c1c(-c1ccc3ccccc3n1)cn2[C@@H]1O[C@H](COC(=O)c2ccccc2)[C@@H](OC(=O)c2ccccc2)[C@H]1OC(=O)c1ccccc1. The number of aromatic nitrogens is 4. The van der Waals surface area contributed by atoms with Crippen molar-refractivity contribution in [2.75, 3.05) is 6.61 Å². The number of rotatable bonds is 10. The van der Waals surface area contributed by atoms with Crippen LogP contribution in [0, 0.1) is 0 Å². The molecule has 4 aromatic carbocycles. The third-order valence-electron chi connectivity index (χ3n) is 9.06. The van der Waals surface area contributed by atoms with E-state index in [1.165, 1.54) is 6.33 Å². The molecule has 7 aromatic rings. The highest BCUT2D eigenvalue weighted by molar-refractivity contribution is 6.00. The maximum Gasteiger partial charge on any atom is 0.338 e. The molecular formula is C41H29N7O7. The predicted molar refractivity (Wildman–Crippen MR) is 199 cm³/mol. The zero-order chi connectivity index (χ0) is 37.7. The number of carbonyl (C=O) groups excluding carboxylic acids is 3. The van der Waals surface area contributed by atoms with Gasteiger partial charge >= 0.3 is 17.9 Å². The summed E-state index contributed by atoms with van der Waals surface area (Å²) in [6.45, 7) is -0.381. The van der Waals surface area contributed by atoms with Crippen molar-refractivity contribution < 1.29 is 33.3 Å². The first kappa shape index (κ1) is 34.7. The Morgan fingerprint density at radius 3 is 1.98 bits per heavy atom. The molecule has 1 aliphatic rings. The fraction of sp³-hybridized carbons (Fsp3) is 0.122. The standard InChI is InChI=1S/C41H29N7O7/c42-47-46-36-33-29(31-21-20-25-12-10-11-19-30(25)45-31)22-48(37(33)44-24-43-36)38-35(55-41(51)28-17-8-3-9-18-28)34(54-40(50)27-15-6-2-7-16-27)32(53-38)23-52-39(49)26-13-4-1-5-14-26/h1-22,24,32,34-35,38H,23H2/t32-,34-,35-,38-/m1/s1. The minimum absolute atomic E-state index is 0.0208. The number of benzene rings is 4. The lowest BCUT2D eigenvalue weighted by Crippen LogP contribution is -2.41. The van der Waals surface area contributed by atoms with Crippen LogP contribution >= 0.6 is 0 Å². The second kappa shape index (κ2) is 15.3. The Kier molecular flexibility index (Phi) is 9.63. The maximum atomic E-state index is 13.8. The Hall–Kier alpha value is -7.41. The smallest absolute Gasteiger partial charge is 0.338 e. The molecule has 4 atom stereocenters. The molecule has 0 bridgehead atoms.